The van der Waals surface area contributed by atoms with E-state index in [9.17, 15) is 0 Å². The third kappa shape index (κ3) is 3.42. The molecule has 4 rings (SSSR count). The standard InChI is InChI=1S/C19H24N4O/c1-4-17(12-20-7-1)14-22-10-11-24-19(15-22)6-3-9-23(16-19)18-5-2-8-21-13-18/h1-2,4-5,7-8,12-13H,3,6,9-11,14-16H2. The Morgan fingerprint density at radius 3 is 2.71 bits per heavy atom. The number of morpholine rings is 1. The van der Waals surface area contributed by atoms with Gasteiger partial charge in [-0.3, -0.25) is 14.9 Å². The summed E-state index contributed by atoms with van der Waals surface area (Å²) in [7, 11) is 0. The van der Waals surface area contributed by atoms with E-state index in [1.807, 2.05) is 36.9 Å². The predicted octanol–water partition coefficient (Wildman–Crippen LogP) is 2.35. The van der Waals surface area contributed by atoms with Crippen LogP contribution in [0.25, 0.3) is 0 Å². The van der Waals surface area contributed by atoms with Crippen molar-refractivity contribution in [2.45, 2.75) is 25.0 Å². The Morgan fingerprint density at radius 2 is 1.92 bits per heavy atom. The molecule has 2 aromatic rings. The molecule has 1 atom stereocenters. The van der Waals surface area contributed by atoms with Gasteiger partial charge in [-0.25, -0.2) is 0 Å². The van der Waals surface area contributed by atoms with Crippen molar-refractivity contribution in [3.63, 3.8) is 0 Å². The van der Waals surface area contributed by atoms with Crippen LogP contribution < -0.4 is 4.90 Å². The number of rotatable bonds is 3. The first-order valence-corrected chi connectivity index (χ1v) is 8.73. The van der Waals surface area contributed by atoms with E-state index in [1.54, 1.807) is 0 Å². The Morgan fingerprint density at radius 1 is 1.04 bits per heavy atom. The van der Waals surface area contributed by atoms with Crippen molar-refractivity contribution in [3.8, 4) is 0 Å². The molecule has 126 valence electrons. The zero-order valence-electron chi connectivity index (χ0n) is 14.0. The van der Waals surface area contributed by atoms with Gasteiger partial charge in [0.25, 0.3) is 0 Å². The fraction of sp³-hybridized carbons (Fsp3) is 0.474. The van der Waals surface area contributed by atoms with Gasteiger partial charge in [-0.1, -0.05) is 6.07 Å². The molecule has 0 amide bonds. The number of anilines is 1. The van der Waals surface area contributed by atoms with Crippen LogP contribution in [0.3, 0.4) is 0 Å². The highest BCUT2D eigenvalue weighted by atomic mass is 16.5. The lowest BCUT2D eigenvalue weighted by Crippen LogP contribution is -2.59. The minimum Gasteiger partial charge on any atom is -0.370 e. The molecular weight excluding hydrogens is 300 g/mol. The highest BCUT2D eigenvalue weighted by Gasteiger charge is 2.40. The van der Waals surface area contributed by atoms with Gasteiger partial charge in [0.05, 0.1) is 24.1 Å². The van der Waals surface area contributed by atoms with Crippen molar-refractivity contribution in [2.75, 3.05) is 37.7 Å². The van der Waals surface area contributed by atoms with E-state index in [0.717, 1.165) is 52.2 Å². The van der Waals surface area contributed by atoms with E-state index in [4.69, 9.17) is 4.74 Å². The molecule has 5 heteroatoms. The second-order valence-corrected chi connectivity index (χ2v) is 6.84. The maximum atomic E-state index is 6.31. The second-order valence-electron chi connectivity index (χ2n) is 6.84. The van der Waals surface area contributed by atoms with Gasteiger partial charge >= 0.3 is 0 Å². The van der Waals surface area contributed by atoms with Gasteiger partial charge in [0, 0.05) is 51.3 Å². The highest BCUT2D eigenvalue weighted by Crippen LogP contribution is 2.31. The normalized spacial score (nSPS) is 25.1. The topological polar surface area (TPSA) is 41.5 Å². The van der Waals surface area contributed by atoms with Crippen LogP contribution in [0.15, 0.2) is 49.1 Å². The molecule has 24 heavy (non-hydrogen) atoms. The van der Waals surface area contributed by atoms with Crippen LogP contribution in [0.5, 0.6) is 0 Å². The van der Waals surface area contributed by atoms with Crippen LogP contribution in [0.4, 0.5) is 5.69 Å². The number of hydrogen-bond acceptors (Lipinski definition) is 5. The number of hydrogen-bond donors (Lipinski definition) is 0. The largest absolute Gasteiger partial charge is 0.370 e. The third-order valence-electron chi connectivity index (χ3n) is 5.01. The molecule has 2 saturated heterocycles. The molecule has 2 aliphatic heterocycles. The lowest BCUT2D eigenvalue weighted by molar-refractivity contribution is -0.116. The monoisotopic (exact) mass is 324 g/mol. The van der Waals surface area contributed by atoms with Crippen LogP contribution in [-0.2, 0) is 11.3 Å². The summed E-state index contributed by atoms with van der Waals surface area (Å²) >= 11 is 0. The third-order valence-corrected chi connectivity index (χ3v) is 5.01. The Bertz CT molecular complexity index is 647. The lowest BCUT2D eigenvalue weighted by Gasteiger charge is -2.48. The summed E-state index contributed by atoms with van der Waals surface area (Å²) in [6.07, 6.45) is 9.87. The summed E-state index contributed by atoms with van der Waals surface area (Å²) in [6, 6.07) is 8.31. The van der Waals surface area contributed by atoms with Crippen molar-refractivity contribution in [1.82, 2.24) is 14.9 Å². The van der Waals surface area contributed by atoms with Crippen LogP contribution in [0.1, 0.15) is 18.4 Å². The molecule has 0 bridgehead atoms. The van der Waals surface area contributed by atoms with E-state index >= 15 is 0 Å². The molecule has 2 fully saturated rings. The Hall–Kier alpha value is -1.98. The number of nitrogens with zero attached hydrogens (tertiary/aromatic N) is 4. The van der Waals surface area contributed by atoms with Crippen LogP contribution in [-0.4, -0.2) is 53.3 Å². The number of pyridine rings is 2. The summed E-state index contributed by atoms with van der Waals surface area (Å²) in [5, 5.41) is 0. The van der Waals surface area contributed by atoms with Crippen LogP contribution in [0, 0.1) is 0 Å². The van der Waals surface area contributed by atoms with Crippen molar-refractivity contribution >= 4 is 5.69 Å². The fourth-order valence-corrected chi connectivity index (χ4v) is 3.91. The molecule has 2 aromatic heterocycles. The molecule has 2 aliphatic rings. The lowest BCUT2D eigenvalue weighted by atomic mass is 9.90. The van der Waals surface area contributed by atoms with Crippen molar-refractivity contribution in [2.24, 2.45) is 0 Å². The van der Waals surface area contributed by atoms with Crippen molar-refractivity contribution in [3.05, 3.63) is 54.6 Å². The van der Waals surface area contributed by atoms with Gasteiger partial charge in [0.1, 0.15) is 0 Å². The molecule has 0 N–H and O–H groups in total. The van der Waals surface area contributed by atoms with E-state index in [1.165, 1.54) is 11.3 Å². The molecule has 0 aliphatic carbocycles. The predicted molar refractivity (Wildman–Crippen MR) is 93.9 cm³/mol. The maximum Gasteiger partial charge on any atom is 0.0983 e. The minimum absolute atomic E-state index is 0.0610. The first-order valence-electron chi connectivity index (χ1n) is 8.73. The average Bonchev–Trinajstić information content (AvgIpc) is 2.63. The summed E-state index contributed by atoms with van der Waals surface area (Å²) in [5.41, 5.74) is 2.41. The first kappa shape index (κ1) is 15.5. The molecular formula is C19H24N4O. The Labute approximate surface area is 143 Å². The quantitative estimate of drug-likeness (QED) is 0.867. The van der Waals surface area contributed by atoms with Gasteiger partial charge in [0.2, 0.25) is 0 Å². The van der Waals surface area contributed by atoms with E-state index in [0.29, 0.717) is 0 Å². The second kappa shape index (κ2) is 6.87. The highest BCUT2D eigenvalue weighted by molar-refractivity contribution is 5.44. The van der Waals surface area contributed by atoms with Crippen molar-refractivity contribution < 1.29 is 4.74 Å². The van der Waals surface area contributed by atoms with Gasteiger partial charge in [-0.05, 0) is 36.6 Å². The summed E-state index contributed by atoms with van der Waals surface area (Å²) in [4.78, 5) is 13.4. The molecule has 1 unspecified atom stereocenters. The molecule has 0 aromatic carbocycles. The van der Waals surface area contributed by atoms with E-state index in [2.05, 4.69) is 31.9 Å². The fourth-order valence-electron chi connectivity index (χ4n) is 3.91. The number of aromatic nitrogens is 2. The van der Waals surface area contributed by atoms with Gasteiger partial charge in [-0.2, -0.15) is 0 Å². The zero-order valence-corrected chi connectivity index (χ0v) is 14.0. The number of ether oxygens (including phenoxy) is 1. The van der Waals surface area contributed by atoms with Gasteiger partial charge < -0.3 is 9.64 Å². The molecule has 5 nitrogen and oxygen atoms in total. The van der Waals surface area contributed by atoms with Crippen LogP contribution >= 0.6 is 0 Å². The first-order chi connectivity index (χ1) is 11.8. The Balaban J connectivity index is 1.45. The van der Waals surface area contributed by atoms with E-state index in [-0.39, 0.29) is 5.60 Å². The minimum atomic E-state index is -0.0610. The van der Waals surface area contributed by atoms with Gasteiger partial charge in [0.15, 0.2) is 0 Å². The number of piperidine rings is 1. The van der Waals surface area contributed by atoms with Gasteiger partial charge in [-0.15, -0.1) is 0 Å². The summed E-state index contributed by atoms with van der Waals surface area (Å²) in [6.45, 7) is 5.76. The van der Waals surface area contributed by atoms with Crippen molar-refractivity contribution in [1.29, 1.82) is 0 Å². The summed E-state index contributed by atoms with van der Waals surface area (Å²) < 4.78 is 6.31. The maximum absolute atomic E-state index is 6.31. The SMILES string of the molecule is c1cncc(CN2CCOC3(CCCN(c4cccnc4)C3)C2)c1. The summed E-state index contributed by atoms with van der Waals surface area (Å²) in [5.74, 6) is 0. The van der Waals surface area contributed by atoms with Crippen LogP contribution in [0.2, 0.25) is 0 Å². The molecule has 4 heterocycles. The smallest absolute Gasteiger partial charge is 0.0983 e. The zero-order chi connectivity index (χ0) is 16.2. The molecule has 1 spiro atoms. The average molecular weight is 324 g/mol. The molecule has 0 saturated carbocycles. The van der Waals surface area contributed by atoms with E-state index < -0.39 is 0 Å². The Kier molecular flexibility index (Phi) is 4.45. The molecule has 0 radical (unpaired) electrons.